The minimum atomic E-state index is 0.225. The van der Waals surface area contributed by atoms with Crippen molar-refractivity contribution in [3.05, 3.63) is 0 Å². The van der Waals surface area contributed by atoms with E-state index < -0.39 is 0 Å². The zero-order valence-corrected chi connectivity index (χ0v) is 11.1. The Labute approximate surface area is 109 Å². The second-order valence-electron chi connectivity index (χ2n) is 6.48. The van der Waals surface area contributed by atoms with Crippen LogP contribution in [0.25, 0.3) is 0 Å². The second-order valence-corrected chi connectivity index (χ2v) is 6.48. The van der Waals surface area contributed by atoms with Gasteiger partial charge in [0.05, 0.1) is 0 Å². The number of aliphatic hydroxyl groups is 1. The average Bonchev–Trinajstić information content (AvgIpc) is 2.96. The Kier molecular flexibility index (Phi) is 3.60. The molecule has 4 unspecified atom stereocenters. The van der Waals surface area contributed by atoms with Gasteiger partial charge in [-0.05, 0) is 37.5 Å². The fraction of sp³-hybridized carbons (Fsp3) is 0.933. The number of rotatable bonds is 3. The number of hydrogen-bond donors (Lipinski definition) is 2. The minimum Gasteiger partial charge on any atom is -0.396 e. The van der Waals surface area contributed by atoms with Crippen molar-refractivity contribution in [2.75, 3.05) is 6.61 Å². The molecule has 18 heavy (non-hydrogen) atoms. The number of aliphatic hydroxyl groups excluding tert-OH is 1. The third-order valence-corrected chi connectivity index (χ3v) is 5.43. The van der Waals surface area contributed by atoms with E-state index in [1.165, 1.54) is 38.5 Å². The van der Waals surface area contributed by atoms with E-state index >= 15 is 0 Å². The number of hydrogen-bond acceptors (Lipinski definition) is 2. The third kappa shape index (κ3) is 2.29. The van der Waals surface area contributed by atoms with Crippen LogP contribution >= 0.6 is 0 Å². The zero-order chi connectivity index (χ0) is 12.5. The van der Waals surface area contributed by atoms with Gasteiger partial charge in [0.25, 0.3) is 0 Å². The highest BCUT2D eigenvalue weighted by Gasteiger charge is 2.56. The van der Waals surface area contributed by atoms with Gasteiger partial charge in [0.2, 0.25) is 5.91 Å². The van der Waals surface area contributed by atoms with Gasteiger partial charge in [-0.15, -0.1) is 0 Å². The van der Waals surface area contributed by atoms with Gasteiger partial charge in [0, 0.05) is 24.5 Å². The number of amides is 1. The Morgan fingerprint density at radius 2 is 1.72 bits per heavy atom. The van der Waals surface area contributed by atoms with E-state index in [2.05, 4.69) is 5.32 Å². The van der Waals surface area contributed by atoms with Gasteiger partial charge in [-0.1, -0.05) is 25.7 Å². The van der Waals surface area contributed by atoms with Crippen LogP contribution in [0.2, 0.25) is 0 Å². The molecule has 0 aromatic carbocycles. The molecule has 3 saturated carbocycles. The second kappa shape index (κ2) is 5.20. The van der Waals surface area contributed by atoms with E-state index in [1.807, 2.05) is 0 Å². The summed E-state index contributed by atoms with van der Waals surface area (Å²) in [5, 5.41) is 12.7. The van der Waals surface area contributed by atoms with Crippen LogP contribution in [0.5, 0.6) is 0 Å². The molecule has 0 aromatic heterocycles. The van der Waals surface area contributed by atoms with Gasteiger partial charge in [0.15, 0.2) is 0 Å². The molecule has 0 bridgehead atoms. The Hall–Kier alpha value is -0.570. The standard InChI is InChI=1S/C15H25NO2/c17-9-10-5-2-1-3-8-13(10)16-15(18)14-11-6-4-7-12(11)14/h10-14,17H,1-9H2,(H,16,18). The molecule has 0 heterocycles. The van der Waals surface area contributed by atoms with Crippen molar-refractivity contribution >= 4 is 5.91 Å². The average molecular weight is 251 g/mol. The Morgan fingerprint density at radius 3 is 2.44 bits per heavy atom. The smallest absolute Gasteiger partial charge is 0.223 e. The van der Waals surface area contributed by atoms with E-state index in [4.69, 9.17) is 0 Å². The van der Waals surface area contributed by atoms with Crippen LogP contribution < -0.4 is 5.32 Å². The quantitative estimate of drug-likeness (QED) is 0.755. The summed E-state index contributed by atoms with van der Waals surface area (Å²) in [5.41, 5.74) is 0. The Bertz CT molecular complexity index is 308. The summed E-state index contributed by atoms with van der Waals surface area (Å²) in [4.78, 5) is 12.3. The monoisotopic (exact) mass is 251 g/mol. The predicted molar refractivity (Wildman–Crippen MR) is 69.9 cm³/mol. The molecule has 3 aliphatic carbocycles. The molecule has 2 N–H and O–H groups in total. The minimum absolute atomic E-state index is 0.225. The number of carbonyl (C=O) groups is 1. The lowest BCUT2D eigenvalue weighted by Gasteiger charge is -2.24. The van der Waals surface area contributed by atoms with Gasteiger partial charge in [-0.3, -0.25) is 4.79 Å². The molecule has 3 fully saturated rings. The van der Waals surface area contributed by atoms with Crippen molar-refractivity contribution in [1.82, 2.24) is 5.32 Å². The van der Waals surface area contributed by atoms with Crippen molar-refractivity contribution in [2.45, 2.75) is 57.4 Å². The van der Waals surface area contributed by atoms with Crippen LogP contribution in [0.1, 0.15) is 51.4 Å². The first-order valence-electron chi connectivity index (χ1n) is 7.72. The first-order valence-corrected chi connectivity index (χ1v) is 7.72. The molecule has 0 aliphatic heterocycles. The summed E-state index contributed by atoms with van der Waals surface area (Å²) >= 11 is 0. The molecular weight excluding hydrogens is 226 g/mol. The van der Waals surface area contributed by atoms with Gasteiger partial charge in [-0.25, -0.2) is 0 Å². The molecule has 102 valence electrons. The Balaban J connectivity index is 1.55. The van der Waals surface area contributed by atoms with Crippen LogP contribution in [-0.4, -0.2) is 23.7 Å². The van der Waals surface area contributed by atoms with Crippen LogP contribution in [0.4, 0.5) is 0 Å². The molecule has 3 heteroatoms. The number of carbonyl (C=O) groups excluding carboxylic acids is 1. The van der Waals surface area contributed by atoms with E-state index in [9.17, 15) is 9.90 Å². The van der Waals surface area contributed by atoms with Crippen molar-refractivity contribution in [1.29, 1.82) is 0 Å². The van der Waals surface area contributed by atoms with Crippen LogP contribution in [0.3, 0.4) is 0 Å². The fourth-order valence-electron chi connectivity index (χ4n) is 4.28. The van der Waals surface area contributed by atoms with Crippen molar-refractivity contribution in [3.8, 4) is 0 Å². The SMILES string of the molecule is O=C(NC1CCCCCC1CO)C1C2CCCC21. The molecule has 0 aromatic rings. The lowest BCUT2D eigenvalue weighted by molar-refractivity contribution is -0.124. The van der Waals surface area contributed by atoms with E-state index in [1.54, 1.807) is 0 Å². The summed E-state index contributed by atoms with van der Waals surface area (Å²) in [7, 11) is 0. The summed E-state index contributed by atoms with van der Waals surface area (Å²) < 4.78 is 0. The lowest BCUT2D eigenvalue weighted by Crippen LogP contribution is -2.42. The first kappa shape index (κ1) is 12.5. The fourth-order valence-corrected chi connectivity index (χ4v) is 4.28. The van der Waals surface area contributed by atoms with Gasteiger partial charge in [0.1, 0.15) is 0 Å². The predicted octanol–water partition coefficient (Wildman–Crippen LogP) is 2.09. The molecule has 0 spiro atoms. The maximum absolute atomic E-state index is 12.3. The normalized spacial score (nSPS) is 43.1. The highest BCUT2D eigenvalue weighted by Crippen LogP contribution is 2.57. The molecule has 1 amide bonds. The number of nitrogens with one attached hydrogen (secondary N) is 1. The van der Waals surface area contributed by atoms with Crippen molar-refractivity contribution in [2.24, 2.45) is 23.7 Å². The summed E-state index contributed by atoms with van der Waals surface area (Å²) in [6.45, 7) is 0.225. The molecule has 3 rings (SSSR count). The summed E-state index contributed by atoms with van der Waals surface area (Å²) in [6.07, 6.45) is 9.61. The van der Waals surface area contributed by atoms with Crippen LogP contribution in [-0.2, 0) is 4.79 Å². The van der Waals surface area contributed by atoms with Crippen molar-refractivity contribution < 1.29 is 9.90 Å². The van der Waals surface area contributed by atoms with Gasteiger partial charge in [-0.2, -0.15) is 0 Å². The Morgan fingerprint density at radius 1 is 1.00 bits per heavy atom. The summed E-state index contributed by atoms with van der Waals surface area (Å²) in [6, 6.07) is 0.228. The molecular formula is C15H25NO2. The molecule has 3 nitrogen and oxygen atoms in total. The van der Waals surface area contributed by atoms with Crippen molar-refractivity contribution in [3.63, 3.8) is 0 Å². The van der Waals surface area contributed by atoms with E-state index in [0.717, 1.165) is 12.8 Å². The molecule has 0 radical (unpaired) electrons. The highest BCUT2D eigenvalue weighted by molar-refractivity contribution is 5.82. The van der Waals surface area contributed by atoms with E-state index in [0.29, 0.717) is 17.8 Å². The zero-order valence-electron chi connectivity index (χ0n) is 11.1. The molecule has 0 saturated heterocycles. The van der Waals surface area contributed by atoms with Crippen LogP contribution in [0.15, 0.2) is 0 Å². The highest BCUT2D eigenvalue weighted by atomic mass is 16.3. The lowest BCUT2D eigenvalue weighted by atomic mass is 9.95. The van der Waals surface area contributed by atoms with Gasteiger partial charge < -0.3 is 10.4 Å². The summed E-state index contributed by atoms with van der Waals surface area (Å²) in [5.74, 6) is 2.29. The third-order valence-electron chi connectivity index (χ3n) is 5.43. The van der Waals surface area contributed by atoms with E-state index in [-0.39, 0.29) is 24.5 Å². The number of fused-ring (bicyclic) bond motifs is 1. The van der Waals surface area contributed by atoms with Crippen LogP contribution in [0, 0.1) is 23.7 Å². The maximum Gasteiger partial charge on any atom is 0.223 e. The maximum atomic E-state index is 12.3. The largest absolute Gasteiger partial charge is 0.396 e. The first-order chi connectivity index (χ1) is 8.81. The molecule has 4 atom stereocenters. The van der Waals surface area contributed by atoms with Gasteiger partial charge >= 0.3 is 0 Å². The topological polar surface area (TPSA) is 49.3 Å². The molecule has 3 aliphatic rings.